The molecule has 0 radical (unpaired) electrons. The van der Waals surface area contributed by atoms with E-state index in [0.717, 1.165) is 30.0 Å². The zero-order chi connectivity index (χ0) is 10.8. The first-order valence-corrected chi connectivity index (χ1v) is 6.37. The van der Waals surface area contributed by atoms with Gasteiger partial charge in [0.25, 0.3) is 0 Å². The smallest absolute Gasteiger partial charge is 0.176 e. The van der Waals surface area contributed by atoms with Gasteiger partial charge in [0.2, 0.25) is 0 Å². The molecule has 3 heteroatoms. The highest BCUT2D eigenvalue weighted by Crippen LogP contribution is 2.27. The van der Waals surface area contributed by atoms with Crippen molar-refractivity contribution < 1.29 is 4.79 Å². The molecule has 0 bridgehead atoms. The SMILES string of the molecule is Cc1ccsc1C(=O)C1CCNCC1C. The van der Waals surface area contributed by atoms with Gasteiger partial charge in [-0.05, 0) is 49.4 Å². The van der Waals surface area contributed by atoms with Crippen LogP contribution in [0.15, 0.2) is 11.4 Å². The van der Waals surface area contributed by atoms with Gasteiger partial charge in [-0.2, -0.15) is 0 Å². The summed E-state index contributed by atoms with van der Waals surface area (Å²) in [5, 5.41) is 5.34. The van der Waals surface area contributed by atoms with Crippen LogP contribution in [0.2, 0.25) is 0 Å². The van der Waals surface area contributed by atoms with Gasteiger partial charge in [0, 0.05) is 5.92 Å². The molecular weight excluding hydrogens is 206 g/mol. The number of carbonyl (C=O) groups excluding carboxylic acids is 1. The zero-order valence-electron chi connectivity index (χ0n) is 9.25. The Balaban J connectivity index is 2.17. The number of hydrogen-bond acceptors (Lipinski definition) is 3. The van der Waals surface area contributed by atoms with Crippen LogP contribution in [0.5, 0.6) is 0 Å². The maximum absolute atomic E-state index is 12.3. The van der Waals surface area contributed by atoms with Crippen molar-refractivity contribution in [2.24, 2.45) is 11.8 Å². The molecule has 1 fully saturated rings. The van der Waals surface area contributed by atoms with Gasteiger partial charge in [-0.25, -0.2) is 0 Å². The first kappa shape index (κ1) is 10.8. The van der Waals surface area contributed by atoms with Crippen LogP contribution >= 0.6 is 11.3 Å². The molecule has 1 aromatic rings. The summed E-state index contributed by atoms with van der Waals surface area (Å²) in [6, 6.07) is 2.03. The van der Waals surface area contributed by atoms with Crippen LogP contribution in [-0.2, 0) is 0 Å². The van der Waals surface area contributed by atoms with Crippen molar-refractivity contribution in [2.45, 2.75) is 20.3 Å². The number of nitrogens with one attached hydrogen (secondary N) is 1. The van der Waals surface area contributed by atoms with Gasteiger partial charge in [-0.1, -0.05) is 6.92 Å². The molecule has 0 aliphatic carbocycles. The van der Waals surface area contributed by atoms with Crippen molar-refractivity contribution in [1.82, 2.24) is 5.32 Å². The van der Waals surface area contributed by atoms with Crippen molar-refractivity contribution in [3.8, 4) is 0 Å². The predicted octanol–water partition coefficient (Wildman–Crippen LogP) is 2.48. The van der Waals surface area contributed by atoms with E-state index in [1.54, 1.807) is 11.3 Å². The largest absolute Gasteiger partial charge is 0.316 e. The van der Waals surface area contributed by atoms with E-state index in [1.807, 2.05) is 18.4 Å². The van der Waals surface area contributed by atoms with E-state index in [1.165, 1.54) is 0 Å². The lowest BCUT2D eigenvalue weighted by Gasteiger charge is -2.28. The van der Waals surface area contributed by atoms with Crippen LogP contribution in [0.25, 0.3) is 0 Å². The summed E-state index contributed by atoms with van der Waals surface area (Å²) in [4.78, 5) is 13.2. The van der Waals surface area contributed by atoms with E-state index < -0.39 is 0 Å². The summed E-state index contributed by atoms with van der Waals surface area (Å²) in [7, 11) is 0. The summed E-state index contributed by atoms with van der Waals surface area (Å²) in [6.07, 6.45) is 0.983. The highest BCUT2D eigenvalue weighted by atomic mass is 32.1. The Morgan fingerprint density at radius 2 is 2.40 bits per heavy atom. The first-order chi connectivity index (χ1) is 7.20. The number of Topliss-reactive ketones (excluding diaryl/α,β-unsaturated/α-hetero) is 1. The maximum Gasteiger partial charge on any atom is 0.176 e. The van der Waals surface area contributed by atoms with Gasteiger partial charge < -0.3 is 5.32 Å². The van der Waals surface area contributed by atoms with Crippen molar-refractivity contribution in [2.75, 3.05) is 13.1 Å². The maximum atomic E-state index is 12.3. The molecule has 0 amide bonds. The minimum Gasteiger partial charge on any atom is -0.316 e. The lowest BCUT2D eigenvalue weighted by molar-refractivity contribution is 0.0852. The van der Waals surface area contributed by atoms with E-state index >= 15 is 0 Å². The minimum absolute atomic E-state index is 0.226. The van der Waals surface area contributed by atoms with E-state index in [2.05, 4.69) is 12.2 Å². The quantitative estimate of drug-likeness (QED) is 0.780. The number of rotatable bonds is 2. The monoisotopic (exact) mass is 223 g/mol. The molecular formula is C12H17NOS. The second-order valence-corrected chi connectivity index (χ2v) is 5.29. The molecule has 15 heavy (non-hydrogen) atoms. The van der Waals surface area contributed by atoms with Crippen LogP contribution in [-0.4, -0.2) is 18.9 Å². The third kappa shape index (κ3) is 2.13. The summed E-state index contributed by atoms with van der Waals surface area (Å²) in [5.41, 5.74) is 1.13. The second kappa shape index (κ2) is 4.45. The Hall–Kier alpha value is -0.670. The fourth-order valence-electron chi connectivity index (χ4n) is 2.20. The van der Waals surface area contributed by atoms with E-state index in [4.69, 9.17) is 0 Å². The number of thiophene rings is 1. The highest BCUT2D eigenvalue weighted by Gasteiger charge is 2.29. The van der Waals surface area contributed by atoms with Crippen molar-refractivity contribution in [3.63, 3.8) is 0 Å². The molecule has 2 nitrogen and oxygen atoms in total. The van der Waals surface area contributed by atoms with Crippen LogP contribution in [0.1, 0.15) is 28.6 Å². The average Bonchev–Trinajstić information content (AvgIpc) is 2.64. The van der Waals surface area contributed by atoms with E-state index in [9.17, 15) is 4.79 Å². The lowest BCUT2D eigenvalue weighted by atomic mass is 9.83. The molecule has 1 aliphatic rings. The fourth-order valence-corrected chi connectivity index (χ4v) is 3.13. The number of ketones is 1. The summed E-state index contributed by atoms with van der Waals surface area (Å²) < 4.78 is 0. The highest BCUT2D eigenvalue weighted by molar-refractivity contribution is 7.12. The summed E-state index contributed by atoms with van der Waals surface area (Å²) in [6.45, 7) is 6.14. The number of carbonyl (C=O) groups is 1. The molecule has 2 rings (SSSR count). The Labute approximate surface area is 94.7 Å². The van der Waals surface area contributed by atoms with Gasteiger partial charge in [0.1, 0.15) is 0 Å². The average molecular weight is 223 g/mol. The lowest BCUT2D eigenvalue weighted by Crippen LogP contribution is -2.38. The first-order valence-electron chi connectivity index (χ1n) is 5.49. The van der Waals surface area contributed by atoms with Gasteiger partial charge in [0.05, 0.1) is 4.88 Å². The van der Waals surface area contributed by atoms with Crippen molar-refractivity contribution in [1.29, 1.82) is 0 Å². The topological polar surface area (TPSA) is 29.1 Å². The summed E-state index contributed by atoms with van der Waals surface area (Å²) in [5.74, 6) is 1.05. The number of piperidine rings is 1. The molecule has 2 heterocycles. The van der Waals surface area contributed by atoms with Crippen LogP contribution in [0.3, 0.4) is 0 Å². The molecule has 1 aliphatic heterocycles. The fraction of sp³-hybridized carbons (Fsp3) is 0.583. The number of hydrogen-bond donors (Lipinski definition) is 1. The van der Waals surface area contributed by atoms with E-state index in [-0.39, 0.29) is 5.92 Å². The molecule has 1 saturated heterocycles. The Kier molecular flexibility index (Phi) is 3.22. The minimum atomic E-state index is 0.226. The Bertz CT molecular complexity index is 358. The third-order valence-electron chi connectivity index (χ3n) is 3.21. The van der Waals surface area contributed by atoms with Crippen molar-refractivity contribution >= 4 is 17.1 Å². The molecule has 82 valence electrons. The van der Waals surface area contributed by atoms with Gasteiger partial charge in [-0.15, -0.1) is 11.3 Å². The standard InChI is InChI=1S/C12H17NOS/c1-8-4-6-15-12(8)11(14)10-3-5-13-7-9(10)2/h4,6,9-10,13H,3,5,7H2,1-2H3. The zero-order valence-corrected chi connectivity index (χ0v) is 10.1. The predicted molar refractivity (Wildman–Crippen MR) is 63.5 cm³/mol. The van der Waals surface area contributed by atoms with Gasteiger partial charge >= 0.3 is 0 Å². The summed E-state index contributed by atoms with van der Waals surface area (Å²) >= 11 is 1.58. The molecule has 1 N–H and O–H groups in total. The molecule has 2 unspecified atom stereocenters. The third-order valence-corrected chi connectivity index (χ3v) is 4.24. The number of aryl methyl sites for hydroxylation is 1. The van der Waals surface area contributed by atoms with Crippen molar-refractivity contribution in [3.05, 3.63) is 21.9 Å². The molecule has 1 aromatic heterocycles. The van der Waals surface area contributed by atoms with Crippen LogP contribution in [0, 0.1) is 18.8 Å². The van der Waals surface area contributed by atoms with Crippen LogP contribution in [0.4, 0.5) is 0 Å². The molecule has 0 spiro atoms. The molecule has 0 saturated carbocycles. The van der Waals surface area contributed by atoms with Gasteiger partial charge in [0.15, 0.2) is 5.78 Å². The Morgan fingerprint density at radius 1 is 1.60 bits per heavy atom. The van der Waals surface area contributed by atoms with E-state index in [0.29, 0.717) is 11.7 Å². The normalized spacial score (nSPS) is 26.5. The molecule has 0 aromatic carbocycles. The molecule has 2 atom stereocenters. The van der Waals surface area contributed by atoms with Crippen LogP contribution < -0.4 is 5.32 Å². The second-order valence-electron chi connectivity index (χ2n) is 4.37. The Morgan fingerprint density at radius 3 is 3.00 bits per heavy atom. The van der Waals surface area contributed by atoms with Gasteiger partial charge in [-0.3, -0.25) is 4.79 Å².